The molecule has 0 heterocycles. The van der Waals surface area contributed by atoms with Gasteiger partial charge in [-0.2, -0.15) is 5.26 Å². The Hall–Kier alpha value is -1.37. The molecule has 0 aliphatic heterocycles. The van der Waals surface area contributed by atoms with Crippen LogP contribution in [0.5, 0.6) is 0 Å². The first-order valence-corrected chi connectivity index (χ1v) is 4.33. The van der Waals surface area contributed by atoms with Crippen molar-refractivity contribution in [2.24, 2.45) is 0 Å². The van der Waals surface area contributed by atoms with Gasteiger partial charge in [-0.3, -0.25) is 0 Å². The summed E-state index contributed by atoms with van der Waals surface area (Å²) in [5.41, 5.74) is 0.906. The normalized spacial score (nSPS) is 12.4. The van der Waals surface area contributed by atoms with Gasteiger partial charge in [-0.05, 0) is 5.56 Å². The highest BCUT2D eigenvalue weighted by atomic mass is 16.7. The summed E-state index contributed by atoms with van der Waals surface area (Å²) in [6.07, 6.45) is -0.512. The lowest BCUT2D eigenvalue weighted by molar-refractivity contribution is -0.108. The van der Waals surface area contributed by atoms with E-state index in [1.165, 1.54) is 14.2 Å². The molecule has 3 heteroatoms. The Balaban J connectivity index is 2.88. The van der Waals surface area contributed by atoms with Crippen molar-refractivity contribution in [1.29, 1.82) is 5.26 Å². The first kappa shape index (κ1) is 10.7. The van der Waals surface area contributed by atoms with Crippen LogP contribution >= 0.6 is 0 Å². The lowest BCUT2D eigenvalue weighted by Gasteiger charge is -2.18. The van der Waals surface area contributed by atoms with Crippen LogP contribution in [0.3, 0.4) is 0 Å². The van der Waals surface area contributed by atoms with Crippen molar-refractivity contribution in [2.45, 2.75) is 12.2 Å². The van der Waals surface area contributed by atoms with E-state index in [1.807, 2.05) is 30.3 Å². The van der Waals surface area contributed by atoms with E-state index in [9.17, 15) is 0 Å². The summed E-state index contributed by atoms with van der Waals surface area (Å²) in [6.45, 7) is 0. The molecule has 0 N–H and O–H groups in total. The number of nitriles is 1. The minimum absolute atomic E-state index is 0.383. The van der Waals surface area contributed by atoms with Crippen LogP contribution in [0.2, 0.25) is 0 Å². The van der Waals surface area contributed by atoms with Crippen LogP contribution < -0.4 is 0 Å². The summed E-state index contributed by atoms with van der Waals surface area (Å²) in [5, 5.41) is 9.00. The first-order chi connectivity index (χ1) is 6.83. The van der Waals surface area contributed by atoms with E-state index in [0.717, 1.165) is 5.56 Å². The van der Waals surface area contributed by atoms with Gasteiger partial charge < -0.3 is 9.47 Å². The quantitative estimate of drug-likeness (QED) is 0.683. The second kappa shape index (κ2) is 5.38. The minimum atomic E-state index is -0.512. The SMILES string of the molecule is COC(OC)C(C#N)c1ccccc1. The lowest BCUT2D eigenvalue weighted by atomic mass is 10.0. The molecule has 1 rings (SSSR count). The Morgan fingerprint density at radius 2 is 1.71 bits per heavy atom. The molecule has 0 aromatic heterocycles. The minimum Gasteiger partial charge on any atom is -0.354 e. The molecule has 0 saturated heterocycles. The van der Waals surface area contributed by atoms with Gasteiger partial charge in [0, 0.05) is 14.2 Å². The number of ether oxygens (including phenoxy) is 2. The van der Waals surface area contributed by atoms with Crippen molar-refractivity contribution in [3.05, 3.63) is 35.9 Å². The molecule has 0 aliphatic rings. The van der Waals surface area contributed by atoms with E-state index in [1.54, 1.807) is 0 Å². The van der Waals surface area contributed by atoms with Gasteiger partial charge in [-0.15, -0.1) is 0 Å². The fourth-order valence-corrected chi connectivity index (χ4v) is 1.32. The molecule has 14 heavy (non-hydrogen) atoms. The average molecular weight is 191 g/mol. The van der Waals surface area contributed by atoms with Crippen molar-refractivity contribution < 1.29 is 9.47 Å². The molecule has 0 spiro atoms. The van der Waals surface area contributed by atoms with Crippen LogP contribution in [0.1, 0.15) is 11.5 Å². The van der Waals surface area contributed by atoms with Gasteiger partial charge in [0.25, 0.3) is 0 Å². The Kier molecular flexibility index (Phi) is 4.11. The molecule has 0 saturated carbocycles. The smallest absolute Gasteiger partial charge is 0.176 e. The Bertz CT molecular complexity index is 301. The van der Waals surface area contributed by atoms with Gasteiger partial charge in [-0.25, -0.2) is 0 Å². The molecule has 1 aromatic rings. The fraction of sp³-hybridized carbons (Fsp3) is 0.364. The van der Waals surface area contributed by atoms with Gasteiger partial charge in [0.1, 0.15) is 5.92 Å². The number of hydrogen-bond acceptors (Lipinski definition) is 3. The largest absolute Gasteiger partial charge is 0.354 e. The summed E-state index contributed by atoms with van der Waals surface area (Å²) >= 11 is 0. The Morgan fingerprint density at radius 1 is 1.14 bits per heavy atom. The third-order valence-electron chi connectivity index (χ3n) is 2.03. The molecule has 0 radical (unpaired) electrons. The number of rotatable bonds is 4. The second-order valence-electron chi connectivity index (χ2n) is 2.86. The van der Waals surface area contributed by atoms with E-state index in [-0.39, 0.29) is 5.92 Å². The molecular formula is C11H13NO2. The van der Waals surface area contributed by atoms with Crippen LogP contribution in [0.4, 0.5) is 0 Å². The maximum absolute atomic E-state index is 9.00. The van der Waals surface area contributed by atoms with Crippen LogP contribution in [-0.4, -0.2) is 20.5 Å². The van der Waals surface area contributed by atoms with E-state index in [4.69, 9.17) is 14.7 Å². The maximum atomic E-state index is 9.00. The summed E-state index contributed by atoms with van der Waals surface area (Å²) in [5.74, 6) is -0.383. The second-order valence-corrected chi connectivity index (χ2v) is 2.86. The Labute approximate surface area is 83.9 Å². The molecule has 0 aliphatic carbocycles. The van der Waals surface area contributed by atoms with Gasteiger partial charge >= 0.3 is 0 Å². The third-order valence-corrected chi connectivity index (χ3v) is 2.03. The van der Waals surface area contributed by atoms with Crippen molar-refractivity contribution in [2.75, 3.05) is 14.2 Å². The van der Waals surface area contributed by atoms with Crippen LogP contribution in [0.25, 0.3) is 0 Å². The maximum Gasteiger partial charge on any atom is 0.176 e. The molecule has 0 amide bonds. The van der Waals surface area contributed by atoms with Crippen LogP contribution in [-0.2, 0) is 9.47 Å². The van der Waals surface area contributed by atoms with Gasteiger partial charge in [0.05, 0.1) is 6.07 Å². The summed E-state index contributed by atoms with van der Waals surface area (Å²) in [7, 11) is 3.06. The molecular weight excluding hydrogens is 178 g/mol. The highest BCUT2D eigenvalue weighted by Gasteiger charge is 2.21. The topological polar surface area (TPSA) is 42.2 Å². The van der Waals surface area contributed by atoms with E-state index in [2.05, 4.69) is 6.07 Å². The number of benzene rings is 1. The summed E-state index contributed by atoms with van der Waals surface area (Å²) in [4.78, 5) is 0. The van der Waals surface area contributed by atoms with Crippen molar-refractivity contribution in [3.8, 4) is 6.07 Å². The molecule has 3 nitrogen and oxygen atoms in total. The molecule has 0 bridgehead atoms. The van der Waals surface area contributed by atoms with Crippen molar-refractivity contribution >= 4 is 0 Å². The first-order valence-electron chi connectivity index (χ1n) is 4.33. The van der Waals surface area contributed by atoms with Gasteiger partial charge in [0.15, 0.2) is 6.29 Å². The summed E-state index contributed by atoms with van der Waals surface area (Å²) in [6, 6.07) is 11.6. The molecule has 1 unspecified atom stereocenters. The lowest BCUT2D eigenvalue weighted by Crippen LogP contribution is -2.21. The third kappa shape index (κ3) is 2.32. The van der Waals surface area contributed by atoms with Crippen LogP contribution in [0, 0.1) is 11.3 Å². The molecule has 0 fully saturated rings. The Morgan fingerprint density at radius 3 is 2.14 bits per heavy atom. The zero-order valence-electron chi connectivity index (χ0n) is 8.31. The monoisotopic (exact) mass is 191 g/mol. The van der Waals surface area contributed by atoms with E-state index >= 15 is 0 Å². The van der Waals surface area contributed by atoms with Crippen molar-refractivity contribution in [1.82, 2.24) is 0 Å². The molecule has 1 atom stereocenters. The number of hydrogen-bond donors (Lipinski definition) is 0. The summed E-state index contributed by atoms with van der Waals surface area (Å²) < 4.78 is 10.1. The number of methoxy groups -OCH3 is 2. The highest BCUT2D eigenvalue weighted by Crippen LogP contribution is 2.20. The fourth-order valence-electron chi connectivity index (χ4n) is 1.32. The van der Waals surface area contributed by atoms with Crippen LogP contribution in [0.15, 0.2) is 30.3 Å². The van der Waals surface area contributed by atoms with E-state index < -0.39 is 6.29 Å². The van der Waals surface area contributed by atoms with Crippen molar-refractivity contribution in [3.63, 3.8) is 0 Å². The van der Waals surface area contributed by atoms with Gasteiger partial charge in [-0.1, -0.05) is 30.3 Å². The average Bonchev–Trinajstić information content (AvgIpc) is 2.27. The van der Waals surface area contributed by atoms with E-state index in [0.29, 0.717) is 0 Å². The highest BCUT2D eigenvalue weighted by molar-refractivity contribution is 5.25. The molecule has 74 valence electrons. The molecule has 1 aromatic carbocycles. The predicted molar refractivity (Wildman–Crippen MR) is 52.6 cm³/mol. The van der Waals surface area contributed by atoms with Gasteiger partial charge in [0.2, 0.25) is 0 Å². The number of nitrogens with zero attached hydrogens (tertiary/aromatic N) is 1. The zero-order valence-corrected chi connectivity index (χ0v) is 8.31. The zero-order chi connectivity index (χ0) is 10.4. The predicted octanol–water partition coefficient (Wildman–Crippen LogP) is 1.91. The standard InChI is InChI=1S/C11H13NO2/c1-13-11(14-2)10(8-12)9-6-4-3-5-7-9/h3-7,10-11H,1-2H3.